The van der Waals surface area contributed by atoms with Gasteiger partial charge in [0.1, 0.15) is 17.1 Å². The number of nitrogens with one attached hydrogen (secondary N) is 1. The van der Waals surface area contributed by atoms with E-state index in [2.05, 4.69) is 10.5 Å². The molecule has 0 aliphatic carbocycles. The van der Waals surface area contributed by atoms with Crippen LogP contribution in [0.2, 0.25) is 5.02 Å². The summed E-state index contributed by atoms with van der Waals surface area (Å²) >= 11 is 6.01. The Bertz CT molecular complexity index is 737. The van der Waals surface area contributed by atoms with Gasteiger partial charge >= 0.3 is 5.97 Å². The molecule has 8 heteroatoms. The summed E-state index contributed by atoms with van der Waals surface area (Å²) in [7, 11) is 1.45. The Morgan fingerprint density at radius 3 is 2.57 bits per heavy atom. The molecule has 0 spiro atoms. The number of rotatable bonds is 5. The zero-order valence-corrected chi connectivity index (χ0v) is 13.5. The first-order valence-electron chi connectivity index (χ1n) is 6.65. The van der Waals surface area contributed by atoms with E-state index in [0.717, 1.165) is 0 Å². The van der Waals surface area contributed by atoms with Crippen LogP contribution in [0, 0.1) is 13.8 Å². The first-order chi connectivity index (χ1) is 10.8. The third kappa shape index (κ3) is 3.45. The van der Waals surface area contributed by atoms with E-state index in [-0.39, 0.29) is 10.6 Å². The number of aromatic nitrogens is 1. The van der Waals surface area contributed by atoms with E-state index < -0.39 is 17.9 Å². The number of carbonyl (C=O) groups excluding carboxylic acids is 1. The van der Waals surface area contributed by atoms with Crippen molar-refractivity contribution in [2.45, 2.75) is 19.9 Å². The van der Waals surface area contributed by atoms with Crippen LogP contribution in [0.5, 0.6) is 5.75 Å². The lowest BCUT2D eigenvalue weighted by Crippen LogP contribution is -2.34. The van der Waals surface area contributed by atoms with Crippen LogP contribution < -0.4 is 10.1 Å². The summed E-state index contributed by atoms with van der Waals surface area (Å²) in [6.07, 6.45) is 0. The summed E-state index contributed by atoms with van der Waals surface area (Å²) in [6.45, 7) is 3.18. The van der Waals surface area contributed by atoms with Crippen molar-refractivity contribution in [2.24, 2.45) is 0 Å². The van der Waals surface area contributed by atoms with Crippen molar-refractivity contribution in [1.29, 1.82) is 0 Å². The molecular weight excluding hydrogens is 324 g/mol. The van der Waals surface area contributed by atoms with E-state index in [4.69, 9.17) is 20.9 Å². The van der Waals surface area contributed by atoms with Gasteiger partial charge in [0.25, 0.3) is 5.91 Å². The summed E-state index contributed by atoms with van der Waals surface area (Å²) in [5, 5.41) is 15.8. The number of aliphatic carboxylic acids is 1. The van der Waals surface area contributed by atoms with Gasteiger partial charge in [-0.25, -0.2) is 4.79 Å². The average Bonchev–Trinajstić information content (AvgIpc) is 2.83. The number of amides is 1. The number of carboxylic acids is 1. The molecule has 0 saturated carbocycles. The summed E-state index contributed by atoms with van der Waals surface area (Å²) in [4.78, 5) is 23.8. The minimum Gasteiger partial charge on any atom is -0.495 e. The fraction of sp³-hybridized carbons (Fsp3) is 0.267. The van der Waals surface area contributed by atoms with E-state index in [1.165, 1.54) is 25.3 Å². The topological polar surface area (TPSA) is 102 Å². The van der Waals surface area contributed by atoms with Crippen molar-refractivity contribution in [1.82, 2.24) is 10.5 Å². The van der Waals surface area contributed by atoms with Crippen molar-refractivity contribution in [2.75, 3.05) is 7.11 Å². The Kier molecular flexibility index (Phi) is 4.90. The summed E-state index contributed by atoms with van der Waals surface area (Å²) < 4.78 is 9.94. The fourth-order valence-corrected chi connectivity index (χ4v) is 2.43. The largest absolute Gasteiger partial charge is 0.495 e. The first kappa shape index (κ1) is 16.8. The Morgan fingerprint density at radius 1 is 1.39 bits per heavy atom. The van der Waals surface area contributed by atoms with Crippen LogP contribution in [-0.2, 0) is 4.79 Å². The SMILES string of the molecule is COc1ccc(C(NC(=O)c2c(C)noc2C)C(=O)O)cc1Cl. The maximum absolute atomic E-state index is 12.3. The summed E-state index contributed by atoms with van der Waals surface area (Å²) in [5.74, 6) is -1.07. The second-order valence-corrected chi connectivity index (χ2v) is 5.25. The normalized spacial score (nSPS) is 11.8. The molecule has 1 atom stereocenters. The van der Waals surface area contributed by atoms with Gasteiger partial charge in [-0.2, -0.15) is 0 Å². The van der Waals surface area contributed by atoms with E-state index in [9.17, 15) is 14.7 Å². The predicted molar refractivity (Wildman–Crippen MR) is 81.8 cm³/mol. The number of halogens is 1. The van der Waals surface area contributed by atoms with E-state index in [1.54, 1.807) is 13.8 Å². The summed E-state index contributed by atoms with van der Waals surface area (Å²) in [5.41, 5.74) is 0.927. The van der Waals surface area contributed by atoms with Crippen molar-refractivity contribution >= 4 is 23.5 Å². The van der Waals surface area contributed by atoms with E-state index in [0.29, 0.717) is 22.8 Å². The van der Waals surface area contributed by atoms with Crippen molar-refractivity contribution < 1.29 is 24.0 Å². The molecule has 1 unspecified atom stereocenters. The van der Waals surface area contributed by atoms with Gasteiger partial charge in [-0.3, -0.25) is 4.79 Å². The van der Waals surface area contributed by atoms with Gasteiger partial charge in [0.2, 0.25) is 0 Å². The van der Waals surface area contributed by atoms with E-state index in [1.807, 2.05) is 0 Å². The maximum Gasteiger partial charge on any atom is 0.330 e. The molecule has 0 aliphatic heterocycles. The molecule has 0 aliphatic rings. The zero-order chi connectivity index (χ0) is 17.1. The number of hydrogen-bond acceptors (Lipinski definition) is 5. The highest BCUT2D eigenvalue weighted by atomic mass is 35.5. The second kappa shape index (κ2) is 6.70. The lowest BCUT2D eigenvalue weighted by molar-refractivity contribution is -0.139. The predicted octanol–water partition coefficient (Wildman–Crippen LogP) is 2.51. The van der Waals surface area contributed by atoms with Gasteiger partial charge < -0.3 is 19.7 Å². The van der Waals surface area contributed by atoms with Crippen LogP contribution >= 0.6 is 11.6 Å². The number of hydrogen-bond donors (Lipinski definition) is 2. The lowest BCUT2D eigenvalue weighted by Gasteiger charge is -2.16. The molecule has 2 aromatic rings. The number of aryl methyl sites for hydroxylation is 2. The standard InChI is InChI=1S/C15H15ClN2O5/c1-7-12(8(2)23-18-7)14(19)17-13(15(20)21)9-4-5-11(22-3)10(16)6-9/h4-6,13H,1-3H3,(H,17,19)(H,20,21). The molecule has 122 valence electrons. The van der Waals surface area contributed by atoms with Crippen LogP contribution in [0.1, 0.15) is 33.4 Å². The highest BCUT2D eigenvalue weighted by Gasteiger charge is 2.26. The molecule has 0 fully saturated rings. The highest BCUT2D eigenvalue weighted by Crippen LogP contribution is 2.28. The lowest BCUT2D eigenvalue weighted by atomic mass is 10.1. The smallest absolute Gasteiger partial charge is 0.330 e. The molecular formula is C15H15ClN2O5. The zero-order valence-electron chi connectivity index (χ0n) is 12.7. The first-order valence-corrected chi connectivity index (χ1v) is 7.03. The highest BCUT2D eigenvalue weighted by molar-refractivity contribution is 6.32. The molecule has 1 aromatic heterocycles. The van der Waals surface area contributed by atoms with Gasteiger partial charge in [-0.1, -0.05) is 22.8 Å². The van der Waals surface area contributed by atoms with Gasteiger partial charge in [0.15, 0.2) is 6.04 Å². The molecule has 0 radical (unpaired) electrons. The van der Waals surface area contributed by atoms with Gasteiger partial charge in [-0.15, -0.1) is 0 Å². The molecule has 2 N–H and O–H groups in total. The number of benzene rings is 1. The third-order valence-electron chi connectivity index (χ3n) is 3.29. The van der Waals surface area contributed by atoms with Crippen LogP contribution in [0.3, 0.4) is 0 Å². The molecule has 7 nitrogen and oxygen atoms in total. The number of carboxylic acid groups (broad SMARTS) is 1. The number of methoxy groups -OCH3 is 1. The van der Waals surface area contributed by atoms with Crippen molar-refractivity contribution in [3.8, 4) is 5.75 Å². The number of carbonyl (C=O) groups is 2. The number of nitrogens with zero attached hydrogens (tertiary/aromatic N) is 1. The second-order valence-electron chi connectivity index (χ2n) is 4.84. The van der Waals surface area contributed by atoms with Crippen LogP contribution in [0.15, 0.2) is 22.7 Å². The van der Waals surface area contributed by atoms with Gasteiger partial charge in [0.05, 0.1) is 17.8 Å². The monoisotopic (exact) mass is 338 g/mol. The van der Waals surface area contributed by atoms with Crippen LogP contribution in [0.4, 0.5) is 0 Å². The Hall–Kier alpha value is -2.54. The van der Waals surface area contributed by atoms with Gasteiger partial charge in [-0.05, 0) is 31.5 Å². The number of ether oxygens (including phenoxy) is 1. The fourth-order valence-electron chi connectivity index (χ4n) is 2.16. The molecule has 23 heavy (non-hydrogen) atoms. The molecule has 2 rings (SSSR count). The van der Waals surface area contributed by atoms with Crippen molar-refractivity contribution in [3.63, 3.8) is 0 Å². The minimum absolute atomic E-state index is 0.218. The molecule has 1 aromatic carbocycles. The van der Waals surface area contributed by atoms with Crippen molar-refractivity contribution in [3.05, 3.63) is 45.8 Å². The van der Waals surface area contributed by atoms with E-state index >= 15 is 0 Å². The summed E-state index contributed by atoms with van der Waals surface area (Å²) in [6, 6.07) is 3.24. The van der Waals surface area contributed by atoms with Crippen LogP contribution in [0.25, 0.3) is 0 Å². The molecule has 0 saturated heterocycles. The Balaban J connectivity index is 2.31. The third-order valence-corrected chi connectivity index (χ3v) is 3.59. The maximum atomic E-state index is 12.3. The minimum atomic E-state index is -1.26. The van der Waals surface area contributed by atoms with Gasteiger partial charge in [0, 0.05) is 0 Å². The average molecular weight is 339 g/mol. The Labute approximate surface area is 137 Å². The molecule has 1 heterocycles. The molecule has 1 amide bonds. The molecule has 0 bridgehead atoms. The van der Waals surface area contributed by atoms with Crippen LogP contribution in [-0.4, -0.2) is 29.2 Å². The quantitative estimate of drug-likeness (QED) is 0.868. The Morgan fingerprint density at radius 2 is 2.09 bits per heavy atom.